The van der Waals surface area contributed by atoms with E-state index in [1.165, 1.54) is 4.31 Å². The Kier molecular flexibility index (Phi) is 2.93. The van der Waals surface area contributed by atoms with Crippen LogP contribution in [0.15, 0.2) is 0 Å². The molecule has 1 aliphatic carbocycles. The van der Waals surface area contributed by atoms with Gasteiger partial charge in [0, 0.05) is 19.6 Å². The Labute approximate surface area is 94.8 Å². The summed E-state index contributed by atoms with van der Waals surface area (Å²) >= 11 is 0. The summed E-state index contributed by atoms with van der Waals surface area (Å²) in [5.74, 6) is -0.906. The number of carbonyl (C=O) groups is 1. The van der Waals surface area contributed by atoms with Crippen LogP contribution in [0.5, 0.6) is 0 Å². The first-order valence-electron chi connectivity index (χ1n) is 5.44. The smallest absolute Gasteiger partial charge is 0.310 e. The quantitative estimate of drug-likeness (QED) is 0.704. The minimum Gasteiger partial charge on any atom is -0.481 e. The van der Waals surface area contributed by atoms with Gasteiger partial charge in [0.2, 0.25) is 0 Å². The molecule has 2 N–H and O–H groups in total. The zero-order valence-corrected chi connectivity index (χ0v) is 9.79. The molecule has 0 aromatic heterocycles. The second-order valence-electron chi connectivity index (χ2n) is 4.52. The Hall–Kier alpha value is -0.660. The molecule has 2 aliphatic rings. The highest BCUT2D eigenvalue weighted by Crippen LogP contribution is 2.45. The topological polar surface area (TPSA) is 86.7 Å². The van der Waals surface area contributed by atoms with Gasteiger partial charge in [-0.3, -0.25) is 4.79 Å². The Bertz CT molecular complexity index is 382. The van der Waals surface area contributed by atoms with Crippen LogP contribution in [0.2, 0.25) is 0 Å². The molecule has 2 fully saturated rings. The molecule has 0 unspecified atom stereocenters. The molecule has 0 spiro atoms. The molecule has 1 aliphatic heterocycles. The van der Waals surface area contributed by atoms with Crippen LogP contribution in [0.25, 0.3) is 0 Å². The van der Waals surface area contributed by atoms with Crippen LogP contribution in [0.4, 0.5) is 0 Å². The van der Waals surface area contributed by atoms with Gasteiger partial charge in [0.15, 0.2) is 0 Å². The van der Waals surface area contributed by atoms with E-state index in [-0.39, 0.29) is 6.54 Å². The summed E-state index contributed by atoms with van der Waals surface area (Å²) in [5, 5.41) is 8.92. The highest BCUT2D eigenvalue weighted by molar-refractivity contribution is 7.87. The number of hydrogen-bond donors (Lipinski definition) is 2. The van der Waals surface area contributed by atoms with E-state index in [0.717, 1.165) is 12.8 Å². The highest BCUT2D eigenvalue weighted by atomic mass is 32.2. The predicted octanol–water partition coefficient (Wildman–Crippen LogP) is -0.219. The maximum Gasteiger partial charge on any atom is 0.310 e. The number of nitrogens with one attached hydrogen (secondary N) is 1. The minimum atomic E-state index is -3.47. The molecule has 7 heteroatoms. The van der Waals surface area contributed by atoms with Crippen molar-refractivity contribution in [3.8, 4) is 0 Å². The Morgan fingerprint density at radius 3 is 2.31 bits per heavy atom. The van der Waals surface area contributed by atoms with E-state index >= 15 is 0 Å². The number of carboxylic acids is 1. The molecule has 16 heavy (non-hydrogen) atoms. The van der Waals surface area contributed by atoms with Crippen LogP contribution in [-0.4, -0.2) is 43.4 Å². The number of nitrogens with zero attached hydrogens (tertiary/aromatic N) is 1. The van der Waals surface area contributed by atoms with Crippen molar-refractivity contribution in [3.63, 3.8) is 0 Å². The SMILES string of the molecule is O=C(O)C1(CNS(=O)(=O)N2CCCC2)CC1. The summed E-state index contributed by atoms with van der Waals surface area (Å²) in [7, 11) is -3.47. The van der Waals surface area contributed by atoms with Gasteiger partial charge >= 0.3 is 5.97 Å². The largest absolute Gasteiger partial charge is 0.481 e. The van der Waals surface area contributed by atoms with Crippen molar-refractivity contribution < 1.29 is 18.3 Å². The van der Waals surface area contributed by atoms with E-state index in [9.17, 15) is 13.2 Å². The summed E-state index contributed by atoms with van der Waals surface area (Å²) in [5.41, 5.74) is -0.840. The third-order valence-electron chi connectivity index (χ3n) is 3.31. The lowest BCUT2D eigenvalue weighted by Gasteiger charge is -2.18. The fraction of sp³-hybridized carbons (Fsp3) is 0.889. The third-order valence-corrected chi connectivity index (χ3v) is 4.86. The van der Waals surface area contributed by atoms with Crippen LogP contribution >= 0.6 is 0 Å². The molecule has 1 heterocycles. The summed E-state index contributed by atoms with van der Waals surface area (Å²) in [6.45, 7) is 1.09. The van der Waals surface area contributed by atoms with Crippen LogP contribution in [0, 0.1) is 5.41 Å². The molecule has 0 bridgehead atoms. The first-order chi connectivity index (χ1) is 7.46. The molecule has 6 nitrogen and oxygen atoms in total. The first-order valence-corrected chi connectivity index (χ1v) is 6.88. The normalized spacial score (nSPS) is 24.5. The summed E-state index contributed by atoms with van der Waals surface area (Å²) < 4.78 is 27.3. The second kappa shape index (κ2) is 3.97. The van der Waals surface area contributed by atoms with Gasteiger partial charge in [0.1, 0.15) is 0 Å². The molecule has 0 amide bonds. The zero-order valence-electron chi connectivity index (χ0n) is 8.98. The van der Waals surface area contributed by atoms with Crippen LogP contribution in [0.3, 0.4) is 0 Å². The minimum absolute atomic E-state index is 0.0150. The monoisotopic (exact) mass is 248 g/mol. The average molecular weight is 248 g/mol. The van der Waals surface area contributed by atoms with Gasteiger partial charge in [-0.25, -0.2) is 4.72 Å². The lowest BCUT2D eigenvalue weighted by molar-refractivity contribution is -0.143. The van der Waals surface area contributed by atoms with Gasteiger partial charge in [0.05, 0.1) is 5.41 Å². The van der Waals surface area contributed by atoms with E-state index in [0.29, 0.717) is 25.9 Å². The lowest BCUT2D eigenvalue weighted by atomic mass is 10.1. The van der Waals surface area contributed by atoms with Gasteiger partial charge in [-0.05, 0) is 25.7 Å². The maximum atomic E-state index is 11.8. The van der Waals surface area contributed by atoms with Crippen molar-refractivity contribution >= 4 is 16.2 Å². The molecule has 0 atom stereocenters. The van der Waals surface area contributed by atoms with Crippen LogP contribution in [0.1, 0.15) is 25.7 Å². The maximum absolute atomic E-state index is 11.8. The molecule has 0 aromatic rings. The van der Waals surface area contributed by atoms with Crippen molar-refractivity contribution in [2.24, 2.45) is 5.41 Å². The predicted molar refractivity (Wildman–Crippen MR) is 57.0 cm³/mol. The van der Waals surface area contributed by atoms with Gasteiger partial charge in [0.25, 0.3) is 10.2 Å². The van der Waals surface area contributed by atoms with Crippen LogP contribution < -0.4 is 4.72 Å². The number of carboxylic acid groups (broad SMARTS) is 1. The number of rotatable bonds is 5. The Balaban J connectivity index is 1.92. The summed E-state index contributed by atoms with van der Waals surface area (Å²) in [4.78, 5) is 10.9. The second-order valence-corrected chi connectivity index (χ2v) is 6.27. The highest BCUT2D eigenvalue weighted by Gasteiger charge is 2.50. The van der Waals surface area contributed by atoms with Crippen molar-refractivity contribution in [2.45, 2.75) is 25.7 Å². The number of aliphatic carboxylic acids is 1. The zero-order chi connectivity index (χ0) is 11.8. The van der Waals surface area contributed by atoms with E-state index in [2.05, 4.69) is 4.72 Å². The van der Waals surface area contributed by atoms with Gasteiger partial charge in [-0.15, -0.1) is 0 Å². The molecule has 0 aromatic carbocycles. The molecular formula is C9H16N2O4S. The first kappa shape index (κ1) is 11.8. The summed E-state index contributed by atoms with van der Waals surface area (Å²) in [6.07, 6.45) is 2.88. The van der Waals surface area contributed by atoms with Crippen molar-refractivity contribution in [2.75, 3.05) is 19.6 Å². The Morgan fingerprint density at radius 2 is 1.88 bits per heavy atom. The van der Waals surface area contributed by atoms with E-state index in [4.69, 9.17) is 5.11 Å². The fourth-order valence-corrected chi connectivity index (χ4v) is 3.25. The molecule has 1 saturated carbocycles. The van der Waals surface area contributed by atoms with Crippen molar-refractivity contribution in [1.29, 1.82) is 0 Å². The van der Waals surface area contributed by atoms with E-state index in [1.807, 2.05) is 0 Å². The van der Waals surface area contributed by atoms with Gasteiger partial charge in [-0.2, -0.15) is 12.7 Å². The van der Waals surface area contributed by atoms with Gasteiger partial charge in [-0.1, -0.05) is 0 Å². The molecule has 0 radical (unpaired) electrons. The molecule has 92 valence electrons. The standard InChI is InChI=1S/C9H16N2O4S/c12-8(13)9(3-4-9)7-10-16(14,15)11-5-1-2-6-11/h10H,1-7H2,(H,12,13). The number of hydrogen-bond acceptors (Lipinski definition) is 3. The van der Waals surface area contributed by atoms with Crippen molar-refractivity contribution in [1.82, 2.24) is 9.03 Å². The van der Waals surface area contributed by atoms with E-state index in [1.54, 1.807) is 0 Å². The molecule has 1 saturated heterocycles. The Morgan fingerprint density at radius 1 is 1.31 bits per heavy atom. The lowest BCUT2D eigenvalue weighted by Crippen LogP contribution is -2.42. The molecular weight excluding hydrogens is 232 g/mol. The molecule has 2 rings (SSSR count). The van der Waals surface area contributed by atoms with Crippen LogP contribution in [-0.2, 0) is 15.0 Å². The average Bonchev–Trinajstić information content (AvgIpc) is 2.80. The van der Waals surface area contributed by atoms with Crippen molar-refractivity contribution in [3.05, 3.63) is 0 Å². The fourth-order valence-electron chi connectivity index (χ4n) is 1.87. The summed E-state index contributed by atoms with van der Waals surface area (Å²) in [6, 6.07) is 0. The van der Waals surface area contributed by atoms with E-state index < -0.39 is 21.6 Å². The van der Waals surface area contributed by atoms with Gasteiger partial charge < -0.3 is 5.11 Å². The third kappa shape index (κ3) is 2.21.